The maximum Gasteiger partial charge on any atom is 0.312 e. The summed E-state index contributed by atoms with van der Waals surface area (Å²) in [6, 6.07) is 11.1. The quantitative estimate of drug-likeness (QED) is 0.465. The Morgan fingerprint density at radius 3 is 2.94 bits per heavy atom. The molecular formula is C12H10N4O. The first-order valence-corrected chi connectivity index (χ1v) is 5.26. The Balaban J connectivity index is 2.31. The minimum absolute atomic E-state index is 0.457. The molecule has 0 N–H and O–H groups in total. The first-order valence-electron chi connectivity index (χ1n) is 5.26. The summed E-state index contributed by atoms with van der Waals surface area (Å²) in [5.74, 6) is 0.457. The van der Waals surface area contributed by atoms with E-state index in [-0.39, 0.29) is 0 Å². The average molecular weight is 226 g/mol. The molecule has 0 radical (unpaired) electrons. The van der Waals surface area contributed by atoms with Gasteiger partial charge in [0, 0.05) is 11.3 Å². The Bertz CT molecular complexity index is 690. The highest BCUT2D eigenvalue weighted by Gasteiger charge is 2.15. The lowest BCUT2D eigenvalue weighted by Crippen LogP contribution is -2.32. The summed E-state index contributed by atoms with van der Waals surface area (Å²) in [5, 5.41) is 19.8. The molecule has 0 aliphatic heterocycles. The molecule has 0 bridgehead atoms. The van der Waals surface area contributed by atoms with E-state index >= 15 is 0 Å². The van der Waals surface area contributed by atoms with Gasteiger partial charge in [-0.1, -0.05) is 16.8 Å². The van der Waals surface area contributed by atoms with Crippen molar-refractivity contribution < 1.29 is 4.73 Å². The van der Waals surface area contributed by atoms with Crippen LogP contribution < -0.4 is 4.73 Å². The molecule has 3 aromatic rings. The van der Waals surface area contributed by atoms with Gasteiger partial charge in [-0.2, -0.15) is 0 Å². The van der Waals surface area contributed by atoms with E-state index < -0.39 is 0 Å². The topological polar surface area (TPSA) is 57.6 Å². The molecule has 0 aliphatic rings. The molecule has 3 rings (SSSR count). The van der Waals surface area contributed by atoms with Crippen molar-refractivity contribution >= 4 is 11.0 Å². The van der Waals surface area contributed by atoms with Gasteiger partial charge in [0.25, 0.3) is 0 Å². The van der Waals surface area contributed by atoms with Crippen LogP contribution in [0.2, 0.25) is 0 Å². The second-order valence-electron chi connectivity index (χ2n) is 3.88. The van der Waals surface area contributed by atoms with Crippen molar-refractivity contribution in [3.63, 3.8) is 0 Å². The Morgan fingerprint density at radius 1 is 1.24 bits per heavy atom. The van der Waals surface area contributed by atoms with E-state index in [1.807, 2.05) is 31.2 Å². The molecule has 0 spiro atoms. The standard InChI is InChI=1S/C12H10N4O/c1-9-6-7-15(17)12(8-9)16-11-5-3-2-4-10(11)13-14-16/h2-8H,1H3. The van der Waals surface area contributed by atoms with E-state index in [9.17, 15) is 5.21 Å². The molecule has 5 heteroatoms. The van der Waals surface area contributed by atoms with E-state index in [0.717, 1.165) is 21.3 Å². The Morgan fingerprint density at radius 2 is 2.06 bits per heavy atom. The molecule has 17 heavy (non-hydrogen) atoms. The third-order valence-corrected chi connectivity index (χ3v) is 2.62. The van der Waals surface area contributed by atoms with Gasteiger partial charge in [-0.15, -0.1) is 5.10 Å². The second-order valence-corrected chi connectivity index (χ2v) is 3.88. The van der Waals surface area contributed by atoms with Crippen molar-refractivity contribution in [2.45, 2.75) is 6.92 Å². The van der Waals surface area contributed by atoms with Crippen LogP contribution in [0.25, 0.3) is 16.9 Å². The van der Waals surface area contributed by atoms with Gasteiger partial charge >= 0.3 is 5.82 Å². The van der Waals surface area contributed by atoms with E-state index in [1.165, 1.54) is 6.20 Å². The lowest BCUT2D eigenvalue weighted by Gasteiger charge is -2.06. The van der Waals surface area contributed by atoms with Crippen molar-refractivity contribution in [3.8, 4) is 5.82 Å². The molecule has 0 saturated carbocycles. The molecule has 1 aromatic carbocycles. The summed E-state index contributed by atoms with van der Waals surface area (Å²) in [6.07, 6.45) is 1.47. The van der Waals surface area contributed by atoms with Crippen LogP contribution >= 0.6 is 0 Å². The molecule has 0 fully saturated rings. The lowest BCUT2D eigenvalue weighted by atomic mass is 10.3. The van der Waals surface area contributed by atoms with Gasteiger partial charge in [-0.25, -0.2) is 4.73 Å². The largest absolute Gasteiger partial charge is 0.711 e. The smallest absolute Gasteiger partial charge is 0.312 e. The molecular weight excluding hydrogens is 216 g/mol. The summed E-state index contributed by atoms with van der Waals surface area (Å²) in [5.41, 5.74) is 2.60. The number of hydrogen-bond acceptors (Lipinski definition) is 3. The van der Waals surface area contributed by atoms with Gasteiger partial charge in [0.15, 0.2) is 5.52 Å². The summed E-state index contributed by atoms with van der Waals surface area (Å²) >= 11 is 0. The molecule has 2 heterocycles. The van der Waals surface area contributed by atoms with Crippen LogP contribution in [0, 0.1) is 12.1 Å². The molecule has 2 aromatic heterocycles. The molecule has 0 unspecified atom stereocenters. The first-order chi connectivity index (χ1) is 8.25. The minimum atomic E-state index is 0.457. The minimum Gasteiger partial charge on any atom is -0.711 e. The fourth-order valence-corrected chi connectivity index (χ4v) is 1.77. The maximum absolute atomic E-state index is 11.7. The Labute approximate surface area is 97.5 Å². The number of pyridine rings is 1. The second kappa shape index (κ2) is 3.55. The summed E-state index contributed by atoms with van der Waals surface area (Å²) in [4.78, 5) is 0. The third kappa shape index (κ3) is 1.52. The van der Waals surface area contributed by atoms with Crippen LogP contribution in [-0.4, -0.2) is 15.0 Å². The van der Waals surface area contributed by atoms with E-state index in [1.54, 1.807) is 16.8 Å². The van der Waals surface area contributed by atoms with Crippen LogP contribution in [0.3, 0.4) is 0 Å². The van der Waals surface area contributed by atoms with Crippen LogP contribution in [0.15, 0.2) is 42.6 Å². The van der Waals surface area contributed by atoms with Gasteiger partial charge < -0.3 is 5.21 Å². The van der Waals surface area contributed by atoms with Gasteiger partial charge in [-0.3, -0.25) is 0 Å². The number of benzene rings is 1. The van der Waals surface area contributed by atoms with Crippen LogP contribution in [0.1, 0.15) is 5.56 Å². The highest BCUT2D eigenvalue weighted by molar-refractivity contribution is 5.75. The van der Waals surface area contributed by atoms with Crippen molar-refractivity contribution in [2.24, 2.45) is 0 Å². The number of fused-ring (bicyclic) bond motifs is 1. The zero-order valence-electron chi connectivity index (χ0n) is 9.24. The number of para-hydroxylation sites is 1. The predicted octanol–water partition coefficient (Wildman–Crippen LogP) is 1.36. The number of hydrogen-bond donors (Lipinski definition) is 0. The predicted molar refractivity (Wildman–Crippen MR) is 62.6 cm³/mol. The monoisotopic (exact) mass is 226 g/mol. The highest BCUT2D eigenvalue weighted by atomic mass is 16.5. The van der Waals surface area contributed by atoms with E-state index in [4.69, 9.17) is 0 Å². The van der Waals surface area contributed by atoms with Gasteiger partial charge in [-0.05, 0) is 30.7 Å². The van der Waals surface area contributed by atoms with Crippen LogP contribution in [0.5, 0.6) is 0 Å². The highest BCUT2D eigenvalue weighted by Crippen LogP contribution is 2.13. The molecule has 0 amide bonds. The van der Waals surface area contributed by atoms with Crippen molar-refractivity contribution in [1.82, 2.24) is 15.0 Å². The van der Waals surface area contributed by atoms with E-state index in [0.29, 0.717) is 5.82 Å². The fraction of sp³-hybridized carbons (Fsp3) is 0.0833. The third-order valence-electron chi connectivity index (χ3n) is 2.62. The normalized spacial score (nSPS) is 10.9. The number of rotatable bonds is 1. The van der Waals surface area contributed by atoms with Gasteiger partial charge in [0.1, 0.15) is 5.52 Å². The van der Waals surface area contributed by atoms with Gasteiger partial charge in [0.05, 0.1) is 6.20 Å². The van der Waals surface area contributed by atoms with Crippen LogP contribution in [-0.2, 0) is 0 Å². The van der Waals surface area contributed by atoms with Crippen molar-refractivity contribution in [1.29, 1.82) is 0 Å². The molecule has 5 nitrogen and oxygen atoms in total. The van der Waals surface area contributed by atoms with Crippen molar-refractivity contribution in [3.05, 3.63) is 53.4 Å². The first kappa shape index (κ1) is 9.77. The summed E-state index contributed by atoms with van der Waals surface area (Å²) in [7, 11) is 0. The summed E-state index contributed by atoms with van der Waals surface area (Å²) < 4.78 is 2.34. The Hall–Kier alpha value is -2.43. The maximum atomic E-state index is 11.7. The summed E-state index contributed by atoms with van der Waals surface area (Å²) in [6.45, 7) is 1.93. The number of nitrogens with zero attached hydrogens (tertiary/aromatic N) is 4. The zero-order valence-corrected chi connectivity index (χ0v) is 9.24. The Kier molecular flexibility index (Phi) is 2.04. The molecule has 0 saturated heterocycles. The number of aryl methyl sites for hydroxylation is 1. The molecule has 84 valence electrons. The number of aromatic nitrogens is 4. The SMILES string of the molecule is Cc1cc[n+]([O-])c(-n2nnc3ccccc32)c1. The molecule has 0 atom stereocenters. The van der Waals surface area contributed by atoms with Crippen molar-refractivity contribution in [2.75, 3.05) is 0 Å². The molecule has 0 aliphatic carbocycles. The van der Waals surface area contributed by atoms with Crippen LogP contribution in [0.4, 0.5) is 0 Å². The zero-order chi connectivity index (χ0) is 11.8. The van der Waals surface area contributed by atoms with E-state index in [2.05, 4.69) is 10.3 Å². The lowest BCUT2D eigenvalue weighted by molar-refractivity contribution is -0.600. The fourth-order valence-electron chi connectivity index (χ4n) is 1.77. The average Bonchev–Trinajstić information content (AvgIpc) is 2.76. The van der Waals surface area contributed by atoms with Gasteiger partial charge in [0.2, 0.25) is 0 Å².